The van der Waals surface area contributed by atoms with Gasteiger partial charge < -0.3 is 4.42 Å². The van der Waals surface area contributed by atoms with Crippen molar-refractivity contribution >= 4 is 11.8 Å². The highest BCUT2D eigenvalue weighted by Crippen LogP contribution is 2.26. The van der Waals surface area contributed by atoms with Crippen molar-refractivity contribution in [2.75, 3.05) is 6.54 Å². The predicted molar refractivity (Wildman–Crippen MR) is 118 cm³/mol. The van der Waals surface area contributed by atoms with Crippen molar-refractivity contribution in [3.63, 3.8) is 0 Å². The number of hydrogen-bond acceptors (Lipinski definition) is 6. The Labute approximate surface area is 187 Å². The molecular weight excluding hydrogens is 404 g/mol. The summed E-state index contributed by atoms with van der Waals surface area (Å²) in [6.07, 6.45) is 2.83. The molecule has 3 aromatic rings. The number of carbonyl (C=O) groups is 2. The Morgan fingerprint density at radius 2 is 1.62 bits per heavy atom. The van der Waals surface area contributed by atoms with Gasteiger partial charge in [0.15, 0.2) is 0 Å². The molecule has 0 fully saturated rings. The second-order valence-electron chi connectivity index (χ2n) is 9.49. The average Bonchev–Trinajstić information content (AvgIpc) is 3.31. The number of fused-ring (bicyclic) bond motifs is 2. The number of hydrogen-bond donors (Lipinski definition) is 0. The van der Waals surface area contributed by atoms with Gasteiger partial charge in [0, 0.05) is 42.4 Å². The van der Waals surface area contributed by atoms with E-state index in [9.17, 15) is 9.59 Å². The van der Waals surface area contributed by atoms with Crippen LogP contribution in [0.15, 0.2) is 47.0 Å². The Morgan fingerprint density at radius 3 is 2.28 bits per heavy atom. The van der Waals surface area contributed by atoms with Crippen LogP contribution in [0.3, 0.4) is 0 Å². The predicted octanol–water partition coefficient (Wildman–Crippen LogP) is 3.72. The maximum Gasteiger partial charge on any atom is 0.261 e. The lowest BCUT2D eigenvalue weighted by molar-refractivity contribution is 0.0630. The molecule has 1 aromatic carbocycles. The van der Waals surface area contributed by atoms with E-state index in [1.54, 1.807) is 24.3 Å². The third kappa shape index (κ3) is 3.73. The van der Waals surface area contributed by atoms with E-state index >= 15 is 0 Å². The molecule has 0 unspecified atom stereocenters. The average molecular weight is 431 g/mol. The van der Waals surface area contributed by atoms with Gasteiger partial charge in [0.2, 0.25) is 0 Å². The molecule has 0 aliphatic carbocycles. The molecule has 5 rings (SSSR count). The first-order valence-electron chi connectivity index (χ1n) is 10.9. The maximum atomic E-state index is 12.6. The molecule has 2 aliphatic rings. The summed E-state index contributed by atoms with van der Waals surface area (Å²) in [4.78, 5) is 38.1. The minimum Gasteiger partial charge on any atom is -0.463 e. The summed E-state index contributed by atoms with van der Waals surface area (Å²) in [6, 6.07) is 10.7. The number of carbonyl (C=O) groups excluding carboxylic acids is 2. The van der Waals surface area contributed by atoms with Crippen molar-refractivity contribution in [1.29, 1.82) is 0 Å². The molecule has 2 aliphatic heterocycles. The van der Waals surface area contributed by atoms with Gasteiger partial charge in [0.25, 0.3) is 11.8 Å². The van der Waals surface area contributed by atoms with Gasteiger partial charge in [-0.2, -0.15) is 0 Å². The molecule has 2 aromatic heterocycles. The number of aromatic nitrogens is 2. The Balaban J connectivity index is 1.24. The lowest BCUT2D eigenvalue weighted by Gasteiger charge is -2.28. The first-order valence-corrected chi connectivity index (χ1v) is 10.9. The molecule has 7 heteroatoms. The fourth-order valence-electron chi connectivity index (χ4n) is 4.22. The van der Waals surface area contributed by atoms with Crippen LogP contribution in [0.5, 0.6) is 0 Å². The van der Waals surface area contributed by atoms with E-state index in [-0.39, 0.29) is 23.8 Å². The van der Waals surface area contributed by atoms with Crippen molar-refractivity contribution < 1.29 is 14.0 Å². The van der Waals surface area contributed by atoms with Crippen LogP contribution >= 0.6 is 0 Å². The second kappa shape index (κ2) is 7.67. The van der Waals surface area contributed by atoms with Crippen LogP contribution in [-0.2, 0) is 31.5 Å². The minimum absolute atomic E-state index is 0.0593. The zero-order valence-corrected chi connectivity index (χ0v) is 18.6. The molecule has 0 saturated heterocycles. The van der Waals surface area contributed by atoms with Gasteiger partial charge in [-0.05, 0) is 24.3 Å². The van der Waals surface area contributed by atoms with Gasteiger partial charge in [-0.3, -0.25) is 19.4 Å². The Hall–Kier alpha value is -3.32. The maximum absolute atomic E-state index is 12.6. The molecule has 2 amide bonds. The molecule has 0 bridgehead atoms. The highest BCUT2D eigenvalue weighted by atomic mass is 16.3. The van der Waals surface area contributed by atoms with E-state index in [0.717, 1.165) is 42.4 Å². The van der Waals surface area contributed by atoms with E-state index in [0.29, 0.717) is 23.4 Å². The first-order chi connectivity index (χ1) is 15.3. The molecule has 0 N–H and O–H groups in total. The van der Waals surface area contributed by atoms with Crippen LogP contribution in [0.25, 0.3) is 0 Å². The van der Waals surface area contributed by atoms with Crippen LogP contribution in [0, 0.1) is 0 Å². The monoisotopic (exact) mass is 430 g/mol. The lowest BCUT2D eigenvalue weighted by Crippen LogP contribution is -2.31. The van der Waals surface area contributed by atoms with Crippen molar-refractivity contribution in [1.82, 2.24) is 19.8 Å². The number of furan rings is 1. The van der Waals surface area contributed by atoms with Gasteiger partial charge in [0.05, 0.1) is 24.2 Å². The lowest BCUT2D eigenvalue weighted by atomic mass is 9.95. The van der Waals surface area contributed by atoms with Crippen LogP contribution < -0.4 is 0 Å². The molecule has 0 saturated carbocycles. The van der Waals surface area contributed by atoms with E-state index in [4.69, 9.17) is 9.40 Å². The Morgan fingerprint density at radius 1 is 0.969 bits per heavy atom. The molecule has 32 heavy (non-hydrogen) atoms. The largest absolute Gasteiger partial charge is 0.463 e. The third-order valence-corrected chi connectivity index (χ3v) is 5.97. The standard InChI is InChI=1S/C25H26N4O3/c1-25(2,3)24-26-12-16-13-28(11-10-21(16)27-24)14-17-8-9-18(32-17)15-29-22(30)19-6-4-5-7-20(19)23(29)31/h4-9,12H,10-11,13-15H2,1-3H3. The molecule has 0 atom stereocenters. The number of benzene rings is 1. The van der Waals surface area contributed by atoms with E-state index in [1.807, 2.05) is 18.3 Å². The summed E-state index contributed by atoms with van der Waals surface area (Å²) in [5.74, 6) is 1.75. The molecule has 4 heterocycles. The molecule has 0 radical (unpaired) electrons. The molecule has 7 nitrogen and oxygen atoms in total. The quantitative estimate of drug-likeness (QED) is 0.587. The zero-order chi connectivity index (χ0) is 22.5. The topological polar surface area (TPSA) is 79.5 Å². The summed E-state index contributed by atoms with van der Waals surface area (Å²) in [5.41, 5.74) is 3.13. The fraction of sp³-hybridized carbons (Fsp3) is 0.360. The third-order valence-electron chi connectivity index (χ3n) is 5.97. The SMILES string of the molecule is CC(C)(C)c1ncc2c(n1)CCN(Cc1ccc(CN3C(=O)c4ccccc4C3=O)o1)C2. The normalized spacial score (nSPS) is 16.4. The van der Waals surface area contributed by atoms with Gasteiger partial charge in [0.1, 0.15) is 17.3 Å². The highest BCUT2D eigenvalue weighted by Gasteiger charge is 2.35. The van der Waals surface area contributed by atoms with Gasteiger partial charge in [-0.1, -0.05) is 32.9 Å². The van der Waals surface area contributed by atoms with Gasteiger partial charge in [-0.25, -0.2) is 9.97 Å². The van der Waals surface area contributed by atoms with Crippen molar-refractivity contribution in [3.05, 3.63) is 82.3 Å². The molecular formula is C25H26N4O3. The number of amides is 2. The number of imide groups is 1. The van der Waals surface area contributed by atoms with Crippen LogP contribution in [0.2, 0.25) is 0 Å². The molecule has 164 valence electrons. The van der Waals surface area contributed by atoms with Crippen molar-refractivity contribution in [2.45, 2.75) is 52.2 Å². The summed E-state index contributed by atoms with van der Waals surface area (Å²) >= 11 is 0. The smallest absolute Gasteiger partial charge is 0.261 e. The van der Waals surface area contributed by atoms with Gasteiger partial charge >= 0.3 is 0 Å². The van der Waals surface area contributed by atoms with Crippen LogP contribution in [-0.4, -0.2) is 38.1 Å². The summed E-state index contributed by atoms with van der Waals surface area (Å²) in [7, 11) is 0. The van der Waals surface area contributed by atoms with E-state index in [1.165, 1.54) is 4.90 Å². The first kappa shape index (κ1) is 20.6. The molecule has 0 spiro atoms. The summed E-state index contributed by atoms with van der Waals surface area (Å²) in [6.45, 7) is 8.83. The minimum atomic E-state index is -0.272. The number of nitrogens with zero attached hydrogens (tertiary/aromatic N) is 4. The fourth-order valence-corrected chi connectivity index (χ4v) is 4.22. The van der Waals surface area contributed by atoms with E-state index in [2.05, 4.69) is 30.7 Å². The van der Waals surface area contributed by atoms with Crippen LogP contribution in [0.4, 0.5) is 0 Å². The second-order valence-corrected chi connectivity index (χ2v) is 9.49. The van der Waals surface area contributed by atoms with Crippen molar-refractivity contribution in [2.24, 2.45) is 0 Å². The van der Waals surface area contributed by atoms with Crippen LogP contribution in [0.1, 0.15) is 70.1 Å². The Kier molecular flexibility index (Phi) is 4.93. The highest BCUT2D eigenvalue weighted by molar-refractivity contribution is 6.21. The zero-order valence-electron chi connectivity index (χ0n) is 18.6. The summed E-state index contributed by atoms with van der Waals surface area (Å²) < 4.78 is 5.98. The summed E-state index contributed by atoms with van der Waals surface area (Å²) in [5, 5.41) is 0. The van der Waals surface area contributed by atoms with E-state index < -0.39 is 0 Å². The van der Waals surface area contributed by atoms with Gasteiger partial charge in [-0.15, -0.1) is 0 Å². The van der Waals surface area contributed by atoms with Crippen molar-refractivity contribution in [3.8, 4) is 0 Å². The Bertz CT molecular complexity index is 1170. The number of rotatable bonds is 4.